The summed E-state index contributed by atoms with van der Waals surface area (Å²) >= 11 is 0. The highest BCUT2D eigenvalue weighted by atomic mass is 19.1. The van der Waals surface area contributed by atoms with E-state index in [0.717, 1.165) is 25.9 Å². The van der Waals surface area contributed by atoms with E-state index < -0.39 is 0 Å². The molecule has 1 aromatic rings. The van der Waals surface area contributed by atoms with Gasteiger partial charge < -0.3 is 10.1 Å². The fraction of sp³-hybridized carbons (Fsp3) is 0.429. The van der Waals surface area contributed by atoms with E-state index in [2.05, 4.69) is 12.2 Å². The van der Waals surface area contributed by atoms with Crippen LogP contribution in [0.1, 0.15) is 25.3 Å². The molecule has 1 N–H and O–H groups in total. The lowest BCUT2D eigenvalue weighted by atomic mass is 10.2. The molecule has 0 atom stereocenters. The van der Waals surface area contributed by atoms with Gasteiger partial charge in [-0.3, -0.25) is 0 Å². The highest BCUT2D eigenvalue weighted by Crippen LogP contribution is 2.17. The topological polar surface area (TPSA) is 21.3 Å². The van der Waals surface area contributed by atoms with Gasteiger partial charge in [-0.15, -0.1) is 0 Å². The minimum absolute atomic E-state index is 0.248. The predicted molar refractivity (Wildman–Crippen MR) is 69.8 cm³/mol. The lowest BCUT2D eigenvalue weighted by molar-refractivity contribution is 0.411. The van der Waals surface area contributed by atoms with Crippen LogP contribution in [0.5, 0.6) is 5.75 Å². The van der Waals surface area contributed by atoms with Crippen molar-refractivity contribution in [1.82, 2.24) is 5.32 Å². The Kier molecular flexibility index (Phi) is 6.33. The molecule has 3 heteroatoms. The van der Waals surface area contributed by atoms with Crippen LogP contribution < -0.4 is 10.1 Å². The minimum atomic E-state index is -0.248. The summed E-state index contributed by atoms with van der Waals surface area (Å²) in [7, 11) is 1.53. The van der Waals surface area contributed by atoms with Gasteiger partial charge in [0.2, 0.25) is 0 Å². The highest BCUT2D eigenvalue weighted by molar-refractivity contribution is 5.51. The third-order valence-corrected chi connectivity index (χ3v) is 2.42. The van der Waals surface area contributed by atoms with Crippen molar-refractivity contribution in [2.75, 3.05) is 20.2 Å². The van der Waals surface area contributed by atoms with Gasteiger partial charge in [0.25, 0.3) is 0 Å². The van der Waals surface area contributed by atoms with Gasteiger partial charge in [0.1, 0.15) is 11.6 Å². The van der Waals surface area contributed by atoms with E-state index in [4.69, 9.17) is 4.74 Å². The van der Waals surface area contributed by atoms with Crippen LogP contribution in [0.3, 0.4) is 0 Å². The molecule has 1 aromatic carbocycles. The molecular formula is C14H20FNO. The minimum Gasteiger partial charge on any atom is -0.497 e. The number of methoxy groups -OCH3 is 1. The van der Waals surface area contributed by atoms with Crippen LogP contribution in [0, 0.1) is 5.82 Å². The molecule has 0 aromatic heterocycles. The van der Waals surface area contributed by atoms with E-state index in [1.165, 1.54) is 13.2 Å². The Hall–Kier alpha value is -1.35. The molecule has 0 aliphatic carbocycles. The van der Waals surface area contributed by atoms with Crippen molar-refractivity contribution < 1.29 is 9.13 Å². The summed E-state index contributed by atoms with van der Waals surface area (Å²) < 4.78 is 18.5. The zero-order chi connectivity index (χ0) is 12.5. The number of ether oxygens (including phenoxy) is 1. The number of benzene rings is 1. The fourth-order valence-corrected chi connectivity index (χ4v) is 1.47. The SMILES string of the molecule is CCCNCC/C=C/c1ccc(OC)cc1F. The zero-order valence-electron chi connectivity index (χ0n) is 10.5. The first kappa shape index (κ1) is 13.7. The van der Waals surface area contributed by atoms with Gasteiger partial charge in [-0.2, -0.15) is 0 Å². The standard InChI is InChI=1S/C14H20FNO/c1-3-9-16-10-5-4-6-12-7-8-13(17-2)11-14(12)15/h4,6-8,11,16H,3,5,9-10H2,1-2H3/b6-4+. The molecular weight excluding hydrogens is 217 g/mol. The van der Waals surface area contributed by atoms with E-state index in [-0.39, 0.29) is 5.82 Å². The Morgan fingerprint density at radius 1 is 1.35 bits per heavy atom. The van der Waals surface area contributed by atoms with Gasteiger partial charge >= 0.3 is 0 Å². The number of hydrogen-bond donors (Lipinski definition) is 1. The molecule has 0 aliphatic heterocycles. The van der Waals surface area contributed by atoms with Gasteiger partial charge in [0, 0.05) is 11.6 Å². The summed E-state index contributed by atoms with van der Waals surface area (Å²) in [6.45, 7) is 4.10. The largest absolute Gasteiger partial charge is 0.497 e. The van der Waals surface area contributed by atoms with Crippen LogP contribution in [-0.2, 0) is 0 Å². The Bertz CT molecular complexity index is 363. The van der Waals surface area contributed by atoms with Gasteiger partial charge in [-0.05, 0) is 38.1 Å². The second kappa shape index (κ2) is 7.85. The molecule has 0 saturated carbocycles. The summed E-state index contributed by atoms with van der Waals surface area (Å²) in [5, 5.41) is 3.29. The van der Waals surface area contributed by atoms with Crippen LogP contribution in [-0.4, -0.2) is 20.2 Å². The maximum absolute atomic E-state index is 13.5. The average molecular weight is 237 g/mol. The maximum Gasteiger partial charge on any atom is 0.134 e. The lowest BCUT2D eigenvalue weighted by Gasteiger charge is -2.02. The molecule has 1 rings (SSSR count). The van der Waals surface area contributed by atoms with Crippen molar-refractivity contribution >= 4 is 6.08 Å². The highest BCUT2D eigenvalue weighted by Gasteiger charge is 1.99. The Morgan fingerprint density at radius 3 is 2.82 bits per heavy atom. The monoisotopic (exact) mass is 237 g/mol. The van der Waals surface area contributed by atoms with Gasteiger partial charge in [0.05, 0.1) is 7.11 Å². The Labute approximate surface area is 102 Å². The molecule has 0 amide bonds. The van der Waals surface area contributed by atoms with Crippen molar-refractivity contribution in [2.24, 2.45) is 0 Å². The maximum atomic E-state index is 13.5. The fourth-order valence-electron chi connectivity index (χ4n) is 1.47. The number of hydrogen-bond acceptors (Lipinski definition) is 2. The smallest absolute Gasteiger partial charge is 0.134 e. The second-order valence-corrected chi connectivity index (χ2v) is 3.83. The molecule has 0 bridgehead atoms. The molecule has 0 aliphatic rings. The molecule has 0 heterocycles. The van der Waals surface area contributed by atoms with Crippen LogP contribution in [0.4, 0.5) is 4.39 Å². The zero-order valence-corrected chi connectivity index (χ0v) is 10.5. The molecule has 94 valence electrons. The van der Waals surface area contributed by atoms with Gasteiger partial charge in [0.15, 0.2) is 0 Å². The first-order valence-corrected chi connectivity index (χ1v) is 5.98. The van der Waals surface area contributed by atoms with Crippen LogP contribution >= 0.6 is 0 Å². The summed E-state index contributed by atoms with van der Waals surface area (Å²) in [5.41, 5.74) is 0.598. The van der Waals surface area contributed by atoms with E-state index >= 15 is 0 Å². The number of halogens is 1. The quantitative estimate of drug-likeness (QED) is 0.735. The molecule has 0 saturated heterocycles. The second-order valence-electron chi connectivity index (χ2n) is 3.83. The third-order valence-electron chi connectivity index (χ3n) is 2.42. The molecule has 2 nitrogen and oxygen atoms in total. The van der Waals surface area contributed by atoms with E-state index in [9.17, 15) is 4.39 Å². The average Bonchev–Trinajstić information content (AvgIpc) is 2.35. The molecule has 0 unspecified atom stereocenters. The van der Waals surface area contributed by atoms with Gasteiger partial charge in [-0.25, -0.2) is 4.39 Å². The first-order chi connectivity index (χ1) is 8.27. The van der Waals surface area contributed by atoms with E-state index in [0.29, 0.717) is 11.3 Å². The van der Waals surface area contributed by atoms with E-state index in [1.807, 2.05) is 12.2 Å². The third kappa shape index (κ3) is 5.00. The van der Waals surface area contributed by atoms with Crippen molar-refractivity contribution in [1.29, 1.82) is 0 Å². The summed E-state index contributed by atoms with van der Waals surface area (Å²) in [6.07, 6.45) is 5.83. The summed E-state index contributed by atoms with van der Waals surface area (Å²) in [5.74, 6) is 0.298. The summed E-state index contributed by atoms with van der Waals surface area (Å²) in [6, 6.07) is 4.89. The number of rotatable bonds is 7. The Morgan fingerprint density at radius 2 is 2.18 bits per heavy atom. The molecule has 0 fully saturated rings. The van der Waals surface area contributed by atoms with Crippen LogP contribution in [0.2, 0.25) is 0 Å². The molecule has 17 heavy (non-hydrogen) atoms. The Balaban J connectivity index is 2.42. The van der Waals surface area contributed by atoms with Crippen molar-refractivity contribution in [2.45, 2.75) is 19.8 Å². The summed E-state index contributed by atoms with van der Waals surface area (Å²) in [4.78, 5) is 0. The first-order valence-electron chi connectivity index (χ1n) is 5.98. The lowest BCUT2D eigenvalue weighted by Crippen LogP contribution is -2.14. The van der Waals surface area contributed by atoms with Crippen LogP contribution in [0.25, 0.3) is 6.08 Å². The molecule has 0 radical (unpaired) electrons. The predicted octanol–water partition coefficient (Wildman–Crippen LogP) is 3.24. The van der Waals surface area contributed by atoms with Crippen molar-refractivity contribution in [3.63, 3.8) is 0 Å². The normalized spacial score (nSPS) is 11.0. The van der Waals surface area contributed by atoms with E-state index in [1.54, 1.807) is 12.1 Å². The van der Waals surface area contributed by atoms with Gasteiger partial charge in [-0.1, -0.05) is 19.1 Å². The number of nitrogens with one attached hydrogen (secondary N) is 1. The van der Waals surface area contributed by atoms with Crippen molar-refractivity contribution in [3.8, 4) is 5.75 Å². The molecule has 0 spiro atoms. The van der Waals surface area contributed by atoms with Crippen molar-refractivity contribution in [3.05, 3.63) is 35.7 Å². The van der Waals surface area contributed by atoms with Crippen LogP contribution in [0.15, 0.2) is 24.3 Å².